The van der Waals surface area contributed by atoms with Gasteiger partial charge in [-0.05, 0) is 51.1 Å². The van der Waals surface area contributed by atoms with Gasteiger partial charge in [0.15, 0.2) is 0 Å². The van der Waals surface area contributed by atoms with Crippen LogP contribution in [0.4, 0.5) is 0 Å². The van der Waals surface area contributed by atoms with E-state index in [2.05, 4.69) is 47.8 Å². The summed E-state index contributed by atoms with van der Waals surface area (Å²) in [5.41, 5.74) is 4.63. The maximum absolute atomic E-state index is 8.97. The van der Waals surface area contributed by atoms with Crippen molar-refractivity contribution < 1.29 is 5.11 Å². The molecular weight excluding hydrogens is 226 g/mol. The molecule has 18 heavy (non-hydrogen) atoms. The van der Waals surface area contributed by atoms with Crippen LogP contribution in [0.15, 0.2) is 12.1 Å². The molecule has 0 saturated carbocycles. The summed E-state index contributed by atoms with van der Waals surface area (Å²) >= 11 is 0. The van der Waals surface area contributed by atoms with E-state index in [-0.39, 0.29) is 12.6 Å². The number of aromatic nitrogens is 2. The number of hydrogen-bond acceptors (Lipinski definition) is 3. The number of aliphatic hydroxyl groups is 1. The Hall–Kier alpha value is -1.39. The number of aliphatic hydroxyl groups excluding tert-OH is 1. The largest absolute Gasteiger partial charge is 0.395 e. The minimum atomic E-state index is 0.166. The first-order valence-electron chi connectivity index (χ1n) is 6.31. The van der Waals surface area contributed by atoms with E-state index in [0.29, 0.717) is 6.54 Å². The summed E-state index contributed by atoms with van der Waals surface area (Å²) in [5, 5.41) is 8.97. The van der Waals surface area contributed by atoms with E-state index in [4.69, 9.17) is 5.11 Å². The molecule has 0 bridgehead atoms. The highest BCUT2D eigenvalue weighted by atomic mass is 16.3. The molecule has 0 radical (unpaired) electrons. The fourth-order valence-corrected chi connectivity index (χ4v) is 2.05. The summed E-state index contributed by atoms with van der Waals surface area (Å²) in [6.45, 7) is 7.11. The van der Waals surface area contributed by atoms with Crippen LogP contribution in [0.25, 0.3) is 11.0 Å². The third kappa shape index (κ3) is 2.40. The summed E-state index contributed by atoms with van der Waals surface area (Å²) in [7, 11) is 1.99. The van der Waals surface area contributed by atoms with E-state index in [9.17, 15) is 0 Å². The third-order valence-corrected chi connectivity index (χ3v) is 3.63. The lowest BCUT2D eigenvalue weighted by Gasteiger charge is -2.21. The van der Waals surface area contributed by atoms with Crippen molar-refractivity contribution in [2.45, 2.75) is 26.8 Å². The van der Waals surface area contributed by atoms with Crippen molar-refractivity contribution in [2.24, 2.45) is 0 Å². The minimum Gasteiger partial charge on any atom is -0.395 e. The van der Waals surface area contributed by atoms with Crippen LogP contribution in [0.3, 0.4) is 0 Å². The number of imidazole rings is 1. The Morgan fingerprint density at radius 1 is 1.33 bits per heavy atom. The summed E-state index contributed by atoms with van der Waals surface area (Å²) in [6.07, 6.45) is 0. The molecule has 0 aliphatic rings. The Morgan fingerprint density at radius 3 is 2.67 bits per heavy atom. The SMILES string of the molecule is Cc1cc2nc(C(C)N(C)CCO)[nH]c2cc1C. The first-order valence-corrected chi connectivity index (χ1v) is 6.31. The van der Waals surface area contributed by atoms with Crippen LogP contribution in [0.5, 0.6) is 0 Å². The third-order valence-electron chi connectivity index (χ3n) is 3.63. The van der Waals surface area contributed by atoms with Gasteiger partial charge in [-0.3, -0.25) is 4.90 Å². The van der Waals surface area contributed by atoms with Gasteiger partial charge >= 0.3 is 0 Å². The van der Waals surface area contributed by atoms with Crippen molar-refractivity contribution in [1.82, 2.24) is 14.9 Å². The van der Waals surface area contributed by atoms with Gasteiger partial charge in [0.1, 0.15) is 5.82 Å². The van der Waals surface area contributed by atoms with E-state index in [1.54, 1.807) is 0 Å². The molecule has 1 aromatic carbocycles. The van der Waals surface area contributed by atoms with Crippen LogP contribution in [-0.2, 0) is 0 Å². The smallest absolute Gasteiger partial charge is 0.124 e. The molecule has 2 N–H and O–H groups in total. The predicted octanol–water partition coefficient (Wildman–Crippen LogP) is 2.16. The topological polar surface area (TPSA) is 52.1 Å². The Balaban J connectivity index is 2.35. The molecule has 1 heterocycles. The molecule has 98 valence electrons. The number of nitrogens with zero attached hydrogens (tertiary/aromatic N) is 2. The Labute approximate surface area is 108 Å². The highest BCUT2D eigenvalue weighted by Gasteiger charge is 2.15. The summed E-state index contributed by atoms with van der Waals surface area (Å²) in [5.74, 6) is 0.950. The first-order chi connectivity index (χ1) is 8.52. The molecule has 0 spiro atoms. The maximum atomic E-state index is 8.97. The van der Waals surface area contributed by atoms with Crippen LogP contribution < -0.4 is 0 Å². The van der Waals surface area contributed by atoms with Crippen molar-refractivity contribution >= 4 is 11.0 Å². The molecule has 0 amide bonds. The van der Waals surface area contributed by atoms with Crippen LogP contribution in [0.2, 0.25) is 0 Å². The number of hydrogen-bond donors (Lipinski definition) is 2. The van der Waals surface area contributed by atoms with Crippen molar-refractivity contribution in [3.8, 4) is 0 Å². The quantitative estimate of drug-likeness (QED) is 0.870. The predicted molar refractivity (Wildman–Crippen MR) is 73.7 cm³/mol. The van der Waals surface area contributed by atoms with Gasteiger partial charge in [-0.25, -0.2) is 4.98 Å². The van der Waals surface area contributed by atoms with E-state index in [1.165, 1.54) is 11.1 Å². The molecule has 1 aromatic heterocycles. The zero-order valence-corrected chi connectivity index (χ0v) is 11.5. The van der Waals surface area contributed by atoms with Gasteiger partial charge in [0.2, 0.25) is 0 Å². The van der Waals surface area contributed by atoms with Gasteiger partial charge < -0.3 is 10.1 Å². The molecular formula is C14H21N3O. The monoisotopic (exact) mass is 247 g/mol. The second-order valence-corrected chi connectivity index (χ2v) is 4.96. The summed E-state index contributed by atoms with van der Waals surface area (Å²) in [4.78, 5) is 10.1. The lowest BCUT2D eigenvalue weighted by molar-refractivity contribution is 0.185. The van der Waals surface area contributed by atoms with E-state index < -0.39 is 0 Å². The van der Waals surface area contributed by atoms with Gasteiger partial charge in [0.05, 0.1) is 23.7 Å². The summed E-state index contributed by atoms with van der Waals surface area (Å²) in [6, 6.07) is 4.42. The molecule has 0 aliphatic heterocycles. The zero-order valence-electron chi connectivity index (χ0n) is 11.5. The molecule has 2 rings (SSSR count). The standard InChI is InChI=1S/C14H21N3O/c1-9-7-12-13(8-10(9)2)16-14(15-12)11(3)17(4)5-6-18/h7-8,11,18H,5-6H2,1-4H3,(H,15,16). The van der Waals surface area contributed by atoms with E-state index in [1.807, 2.05) is 7.05 Å². The van der Waals surface area contributed by atoms with Crippen molar-refractivity contribution in [1.29, 1.82) is 0 Å². The van der Waals surface area contributed by atoms with Gasteiger partial charge in [-0.2, -0.15) is 0 Å². The number of fused-ring (bicyclic) bond motifs is 1. The molecule has 2 aromatic rings. The van der Waals surface area contributed by atoms with Crippen molar-refractivity contribution in [3.05, 3.63) is 29.1 Å². The van der Waals surface area contributed by atoms with Gasteiger partial charge in [-0.15, -0.1) is 0 Å². The van der Waals surface area contributed by atoms with Crippen LogP contribution in [0.1, 0.15) is 29.9 Å². The molecule has 4 heteroatoms. The highest BCUT2D eigenvalue weighted by molar-refractivity contribution is 5.77. The molecule has 0 saturated heterocycles. The Kier molecular flexibility index (Phi) is 3.68. The molecule has 0 aliphatic carbocycles. The van der Waals surface area contributed by atoms with Crippen LogP contribution in [-0.4, -0.2) is 40.2 Å². The molecule has 1 unspecified atom stereocenters. The maximum Gasteiger partial charge on any atom is 0.124 e. The molecule has 1 atom stereocenters. The van der Waals surface area contributed by atoms with Gasteiger partial charge in [0.25, 0.3) is 0 Å². The van der Waals surface area contributed by atoms with Crippen LogP contribution in [0, 0.1) is 13.8 Å². The summed E-state index contributed by atoms with van der Waals surface area (Å²) < 4.78 is 0. The number of nitrogens with one attached hydrogen (secondary N) is 1. The van der Waals surface area contributed by atoms with Crippen molar-refractivity contribution in [3.63, 3.8) is 0 Å². The average molecular weight is 247 g/mol. The van der Waals surface area contributed by atoms with E-state index >= 15 is 0 Å². The van der Waals surface area contributed by atoms with Crippen molar-refractivity contribution in [2.75, 3.05) is 20.2 Å². The number of aryl methyl sites for hydroxylation is 2. The minimum absolute atomic E-state index is 0.166. The first kappa shape index (κ1) is 13.1. The number of benzene rings is 1. The highest BCUT2D eigenvalue weighted by Crippen LogP contribution is 2.22. The van der Waals surface area contributed by atoms with Gasteiger partial charge in [-0.1, -0.05) is 0 Å². The van der Waals surface area contributed by atoms with Crippen LogP contribution >= 0.6 is 0 Å². The number of likely N-dealkylation sites (N-methyl/N-ethyl adjacent to an activating group) is 1. The Morgan fingerprint density at radius 2 is 2.00 bits per heavy atom. The number of aromatic amines is 1. The van der Waals surface area contributed by atoms with E-state index in [0.717, 1.165) is 16.9 Å². The normalized spacial score (nSPS) is 13.4. The number of rotatable bonds is 4. The van der Waals surface area contributed by atoms with Gasteiger partial charge in [0, 0.05) is 6.54 Å². The zero-order chi connectivity index (χ0) is 13.3. The Bertz CT molecular complexity index is 508. The second-order valence-electron chi connectivity index (χ2n) is 4.96. The fraction of sp³-hybridized carbons (Fsp3) is 0.500. The molecule has 4 nitrogen and oxygen atoms in total. The molecule has 0 fully saturated rings. The lowest BCUT2D eigenvalue weighted by atomic mass is 10.1. The fourth-order valence-electron chi connectivity index (χ4n) is 2.05. The number of H-pyrrole nitrogens is 1. The second kappa shape index (κ2) is 5.08. The average Bonchev–Trinajstić information content (AvgIpc) is 2.72. The lowest BCUT2D eigenvalue weighted by Crippen LogP contribution is -2.26.